The fourth-order valence-corrected chi connectivity index (χ4v) is 2.28. The first kappa shape index (κ1) is 15.4. The van der Waals surface area contributed by atoms with Crippen LogP contribution in [0.3, 0.4) is 0 Å². The number of hydrogen-bond donors (Lipinski definition) is 2. The van der Waals surface area contributed by atoms with Crippen LogP contribution in [-0.2, 0) is 4.79 Å². The molecule has 4 nitrogen and oxygen atoms in total. The van der Waals surface area contributed by atoms with Crippen molar-refractivity contribution >= 4 is 5.91 Å². The van der Waals surface area contributed by atoms with Crippen LogP contribution in [0.2, 0.25) is 0 Å². The number of hydrogen-bond acceptors (Lipinski definition) is 3. The summed E-state index contributed by atoms with van der Waals surface area (Å²) in [6.45, 7) is 11.3. The Morgan fingerprint density at radius 3 is 2.17 bits per heavy atom. The molecule has 0 aromatic heterocycles. The van der Waals surface area contributed by atoms with Gasteiger partial charge in [0.2, 0.25) is 5.91 Å². The molecule has 1 aliphatic rings. The van der Waals surface area contributed by atoms with Crippen LogP contribution in [0.15, 0.2) is 0 Å². The van der Waals surface area contributed by atoms with Crippen LogP contribution in [0.1, 0.15) is 47.5 Å². The van der Waals surface area contributed by atoms with Gasteiger partial charge >= 0.3 is 0 Å². The normalized spacial score (nSPS) is 20.9. The Labute approximate surface area is 111 Å². The summed E-state index contributed by atoms with van der Waals surface area (Å²) in [5, 5.41) is 13.2. The number of aliphatic hydroxyl groups is 1. The smallest absolute Gasteiger partial charge is 0.237 e. The molecule has 0 radical (unpaired) electrons. The molecule has 106 valence electrons. The van der Waals surface area contributed by atoms with Crippen molar-refractivity contribution in [1.82, 2.24) is 10.2 Å². The Morgan fingerprint density at radius 2 is 1.78 bits per heavy atom. The average molecular weight is 256 g/mol. The highest BCUT2D eigenvalue weighted by atomic mass is 16.3. The second kappa shape index (κ2) is 6.02. The maximum atomic E-state index is 12.1. The van der Waals surface area contributed by atoms with E-state index in [1.165, 1.54) is 0 Å². The molecule has 1 aliphatic heterocycles. The van der Waals surface area contributed by atoms with E-state index in [-0.39, 0.29) is 23.9 Å². The van der Waals surface area contributed by atoms with Crippen molar-refractivity contribution in [3.05, 3.63) is 0 Å². The third-order valence-corrected chi connectivity index (χ3v) is 4.29. The monoisotopic (exact) mass is 256 g/mol. The molecule has 1 fully saturated rings. The topological polar surface area (TPSA) is 52.6 Å². The van der Waals surface area contributed by atoms with Crippen molar-refractivity contribution in [3.8, 4) is 0 Å². The minimum atomic E-state index is -0.608. The summed E-state index contributed by atoms with van der Waals surface area (Å²) in [6.07, 6.45) is 1.93. The van der Waals surface area contributed by atoms with Gasteiger partial charge in [0, 0.05) is 19.1 Å². The van der Waals surface area contributed by atoms with E-state index < -0.39 is 5.60 Å². The zero-order chi connectivity index (χ0) is 13.9. The van der Waals surface area contributed by atoms with E-state index in [0.29, 0.717) is 13.1 Å². The summed E-state index contributed by atoms with van der Waals surface area (Å²) in [5.74, 6) is 0.317. The van der Waals surface area contributed by atoms with Gasteiger partial charge in [-0.1, -0.05) is 27.7 Å². The van der Waals surface area contributed by atoms with Crippen LogP contribution in [0.4, 0.5) is 0 Å². The van der Waals surface area contributed by atoms with Gasteiger partial charge in [-0.3, -0.25) is 9.69 Å². The number of β-amino-alcohol motifs (C(OH)–C–C–N with tert-alkyl or cyclic N) is 1. The molecule has 0 spiro atoms. The van der Waals surface area contributed by atoms with Gasteiger partial charge in [0.15, 0.2) is 0 Å². The molecule has 1 amide bonds. The zero-order valence-electron chi connectivity index (χ0n) is 12.4. The van der Waals surface area contributed by atoms with E-state index in [2.05, 4.69) is 19.2 Å². The molecule has 1 atom stereocenters. The van der Waals surface area contributed by atoms with Crippen molar-refractivity contribution in [1.29, 1.82) is 0 Å². The average Bonchev–Trinajstić information content (AvgIpc) is 2.30. The second-order valence-corrected chi connectivity index (χ2v) is 5.86. The number of carbonyl (C=O) groups excluding carboxylic acids is 1. The fraction of sp³-hybridized carbons (Fsp3) is 0.929. The highest BCUT2D eigenvalue weighted by Gasteiger charge is 2.46. The van der Waals surface area contributed by atoms with Gasteiger partial charge in [-0.25, -0.2) is 0 Å². The van der Waals surface area contributed by atoms with Crippen LogP contribution in [0.25, 0.3) is 0 Å². The van der Waals surface area contributed by atoms with Crippen LogP contribution in [-0.4, -0.2) is 46.7 Å². The Balaban J connectivity index is 2.43. The maximum Gasteiger partial charge on any atom is 0.237 e. The summed E-state index contributed by atoms with van der Waals surface area (Å²) in [7, 11) is 0. The van der Waals surface area contributed by atoms with Crippen molar-refractivity contribution in [2.24, 2.45) is 5.92 Å². The summed E-state index contributed by atoms with van der Waals surface area (Å²) < 4.78 is 0. The highest BCUT2D eigenvalue weighted by molar-refractivity contribution is 5.81. The number of likely N-dealkylation sites (tertiary alicyclic amines) is 1. The SMILES string of the molecule is CCC(CC)NC(=O)C(C)N1CC(O)(C(C)C)C1. The van der Waals surface area contributed by atoms with Gasteiger partial charge < -0.3 is 10.4 Å². The summed E-state index contributed by atoms with van der Waals surface area (Å²) in [5.41, 5.74) is -0.608. The largest absolute Gasteiger partial charge is 0.387 e. The van der Waals surface area contributed by atoms with E-state index >= 15 is 0 Å². The van der Waals surface area contributed by atoms with Gasteiger partial charge in [0.25, 0.3) is 0 Å². The minimum absolute atomic E-state index is 0.0782. The lowest BCUT2D eigenvalue weighted by Crippen LogP contribution is -2.68. The van der Waals surface area contributed by atoms with Crippen molar-refractivity contribution in [3.63, 3.8) is 0 Å². The van der Waals surface area contributed by atoms with Crippen molar-refractivity contribution in [2.45, 2.75) is 65.1 Å². The zero-order valence-corrected chi connectivity index (χ0v) is 12.4. The van der Waals surface area contributed by atoms with E-state index in [1.54, 1.807) is 0 Å². The third kappa shape index (κ3) is 3.23. The van der Waals surface area contributed by atoms with E-state index in [9.17, 15) is 9.90 Å². The van der Waals surface area contributed by atoms with Gasteiger partial charge in [-0.15, -0.1) is 0 Å². The predicted molar refractivity (Wildman–Crippen MR) is 73.3 cm³/mol. The molecule has 1 rings (SSSR count). The fourth-order valence-electron chi connectivity index (χ4n) is 2.28. The Hall–Kier alpha value is -0.610. The lowest BCUT2D eigenvalue weighted by molar-refractivity contribution is -0.154. The number of nitrogens with one attached hydrogen (secondary N) is 1. The molecule has 0 aromatic carbocycles. The second-order valence-electron chi connectivity index (χ2n) is 5.86. The van der Waals surface area contributed by atoms with Gasteiger partial charge in [-0.05, 0) is 25.7 Å². The Morgan fingerprint density at radius 1 is 1.28 bits per heavy atom. The number of rotatable bonds is 6. The Bertz CT molecular complexity index is 282. The number of nitrogens with zero attached hydrogens (tertiary/aromatic N) is 1. The molecule has 0 aliphatic carbocycles. The molecular formula is C14H28N2O2. The molecule has 4 heteroatoms. The molecule has 1 saturated heterocycles. The van der Waals surface area contributed by atoms with Gasteiger partial charge in [-0.2, -0.15) is 0 Å². The first-order valence-electron chi connectivity index (χ1n) is 7.10. The molecule has 1 heterocycles. The van der Waals surface area contributed by atoms with Gasteiger partial charge in [0.05, 0.1) is 11.6 Å². The van der Waals surface area contributed by atoms with Crippen molar-refractivity contribution < 1.29 is 9.90 Å². The van der Waals surface area contributed by atoms with Crippen LogP contribution >= 0.6 is 0 Å². The van der Waals surface area contributed by atoms with E-state index in [1.807, 2.05) is 25.7 Å². The quantitative estimate of drug-likeness (QED) is 0.755. The first-order chi connectivity index (χ1) is 8.34. The molecule has 0 bridgehead atoms. The first-order valence-corrected chi connectivity index (χ1v) is 7.10. The predicted octanol–water partition coefficient (Wildman–Crippen LogP) is 1.38. The molecule has 0 saturated carbocycles. The van der Waals surface area contributed by atoms with E-state index in [4.69, 9.17) is 0 Å². The van der Waals surface area contributed by atoms with Gasteiger partial charge in [0.1, 0.15) is 0 Å². The summed E-state index contributed by atoms with van der Waals surface area (Å²) >= 11 is 0. The molecular weight excluding hydrogens is 228 g/mol. The van der Waals surface area contributed by atoms with Crippen LogP contribution in [0, 0.1) is 5.92 Å². The molecule has 2 N–H and O–H groups in total. The van der Waals surface area contributed by atoms with E-state index in [0.717, 1.165) is 12.8 Å². The standard InChI is InChI=1S/C14H28N2O2/c1-6-12(7-2)15-13(17)11(5)16-8-14(18,9-16)10(3)4/h10-12,18H,6-9H2,1-5H3,(H,15,17). The molecule has 18 heavy (non-hydrogen) atoms. The molecule has 1 unspecified atom stereocenters. The van der Waals surface area contributed by atoms with Crippen molar-refractivity contribution in [2.75, 3.05) is 13.1 Å². The maximum absolute atomic E-state index is 12.1. The lowest BCUT2D eigenvalue weighted by atomic mass is 9.82. The van der Waals surface area contributed by atoms with Crippen LogP contribution in [0.5, 0.6) is 0 Å². The lowest BCUT2D eigenvalue weighted by Gasteiger charge is -2.51. The Kier molecular flexibility index (Phi) is 5.17. The van der Waals surface area contributed by atoms with Crippen LogP contribution < -0.4 is 5.32 Å². The number of amides is 1. The third-order valence-electron chi connectivity index (χ3n) is 4.29. The number of carbonyl (C=O) groups is 1. The highest BCUT2D eigenvalue weighted by Crippen LogP contribution is 2.30. The summed E-state index contributed by atoms with van der Waals surface area (Å²) in [6, 6.07) is 0.120. The summed E-state index contributed by atoms with van der Waals surface area (Å²) in [4.78, 5) is 14.1. The minimum Gasteiger partial charge on any atom is -0.387 e. The molecule has 0 aromatic rings.